The summed E-state index contributed by atoms with van der Waals surface area (Å²) in [7, 11) is 1.98. The van der Waals surface area contributed by atoms with Gasteiger partial charge in [-0.15, -0.1) is 0 Å². The number of nitrogens with two attached hydrogens (primary N) is 1. The number of benzene rings is 1. The molecule has 2 N–H and O–H groups in total. The van der Waals surface area contributed by atoms with Crippen LogP contribution in [0.25, 0.3) is 11.3 Å². The summed E-state index contributed by atoms with van der Waals surface area (Å²) in [4.78, 5) is 4.44. The van der Waals surface area contributed by atoms with Gasteiger partial charge in [0.2, 0.25) is 6.79 Å². The Morgan fingerprint density at radius 2 is 2.17 bits per heavy atom. The molecule has 5 nitrogen and oxygen atoms in total. The van der Waals surface area contributed by atoms with Crippen LogP contribution in [0.2, 0.25) is 0 Å². The van der Waals surface area contributed by atoms with E-state index in [1.54, 1.807) is 0 Å². The monoisotopic (exact) mass is 245 g/mol. The van der Waals surface area contributed by atoms with Crippen molar-refractivity contribution in [3.8, 4) is 22.8 Å². The fraction of sp³-hybridized carbons (Fsp3) is 0.308. The van der Waals surface area contributed by atoms with Gasteiger partial charge in [-0.05, 0) is 24.7 Å². The molecule has 1 aliphatic heterocycles. The van der Waals surface area contributed by atoms with Gasteiger partial charge >= 0.3 is 0 Å². The van der Waals surface area contributed by atoms with Gasteiger partial charge < -0.3 is 19.8 Å². The first-order valence-corrected chi connectivity index (χ1v) is 5.90. The van der Waals surface area contributed by atoms with Gasteiger partial charge in [-0.2, -0.15) is 0 Å². The summed E-state index contributed by atoms with van der Waals surface area (Å²) in [5.74, 6) is 1.56. The van der Waals surface area contributed by atoms with Crippen molar-refractivity contribution in [1.82, 2.24) is 9.55 Å². The second-order valence-corrected chi connectivity index (χ2v) is 4.26. The Kier molecular flexibility index (Phi) is 2.68. The largest absolute Gasteiger partial charge is 0.454 e. The highest BCUT2D eigenvalue weighted by Gasteiger charge is 2.16. The summed E-state index contributed by atoms with van der Waals surface area (Å²) in [6.07, 6.45) is 2.62. The van der Waals surface area contributed by atoms with Crippen molar-refractivity contribution < 1.29 is 9.47 Å². The first kappa shape index (κ1) is 11.1. The zero-order valence-electron chi connectivity index (χ0n) is 10.2. The number of rotatable bonds is 3. The number of hydrogen-bond donors (Lipinski definition) is 1. The van der Waals surface area contributed by atoms with Crippen LogP contribution in [0.15, 0.2) is 24.5 Å². The summed E-state index contributed by atoms with van der Waals surface area (Å²) >= 11 is 0. The van der Waals surface area contributed by atoms with E-state index in [1.807, 2.05) is 36.1 Å². The van der Waals surface area contributed by atoms with Crippen molar-refractivity contribution >= 4 is 0 Å². The quantitative estimate of drug-likeness (QED) is 0.885. The third-order valence-electron chi connectivity index (χ3n) is 3.09. The molecule has 0 radical (unpaired) electrons. The topological polar surface area (TPSA) is 62.3 Å². The Morgan fingerprint density at radius 3 is 3.00 bits per heavy atom. The van der Waals surface area contributed by atoms with Crippen LogP contribution in [0.5, 0.6) is 11.5 Å². The van der Waals surface area contributed by atoms with Crippen molar-refractivity contribution in [3.05, 3.63) is 30.2 Å². The summed E-state index contributed by atoms with van der Waals surface area (Å²) in [5.41, 5.74) is 8.77. The molecule has 2 heterocycles. The van der Waals surface area contributed by atoms with E-state index in [1.165, 1.54) is 0 Å². The molecule has 0 fully saturated rings. The van der Waals surface area contributed by atoms with Gasteiger partial charge in [0.1, 0.15) is 0 Å². The number of nitrogens with zero attached hydrogens (tertiary/aromatic N) is 2. The van der Waals surface area contributed by atoms with Crippen LogP contribution in [0.3, 0.4) is 0 Å². The Balaban J connectivity index is 2.04. The fourth-order valence-electron chi connectivity index (χ4n) is 2.17. The van der Waals surface area contributed by atoms with Gasteiger partial charge in [0.15, 0.2) is 11.5 Å². The fourth-order valence-corrected chi connectivity index (χ4v) is 2.17. The predicted octanol–water partition coefficient (Wildman–Crippen LogP) is 1.32. The molecule has 3 rings (SSSR count). The lowest BCUT2D eigenvalue weighted by atomic mass is 10.1. The molecule has 0 saturated carbocycles. The van der Waals surface area contributed by atoms with Crippen LogP contribution in [0.4, 0.5) is 0 Å². The van der Waals surface area contributed by atoms with Gasteiger partial charge in [0.05, 0.1) is 12.0 Å². The van der Waals surface area contributed by atoms with Gasteiger partial charge in [-0.1, -0.05) is 0 Å². The normalized spacial score (nSPS) is 13.0. The molecule has 1 aromatic heterocycles. The van der Waals surface area contributed by atoms with Crippen LogP contribution in [-0.2, 0) is 13.5 Å². The maximum atomic E-state index is 5.64. The van der Waals surface area contributed by atoms with Crippen LogP contribution >= 0.6 is 0 Å². The Labute approximate surface area is 105 Å². The molecule has 0 spiro atoms. The number of hydrogen-bond acceptors (Lipinski definition) is 4. The lowest BCUT2D eigenvalue weighted by molar-refractivity contribution is 0.174. The Bertz CT molecular complexity index is 578. The summed E-state index contributed by atoms with van der Waals surface area (Å²) in [6, 6.07) is 5.87. The Morgan fingerprint density at radius 1 is 1.33 bits per heavy atom. The van der Waals surface area contributed by atoms with Crippen LogP contribution in [-0.4, -0.2) is 22.9 Å². The van der Waals surface area contributed by atoms with Gasteiger partial charge in [0, 0.05) is 24.7 Å². The standard InChI is InChI=1S/C13H15N3O2/c1-16-7-15-13(10(16)4-5-14)9-2-3-11-12(6-9)18-8-17-11/h2-3,6-7H,4-5,8,14H2,1H3. The first-order chi connectivity index (χ1) is 8.79. The second kappa shape index (κ2) is 4.34. The molecule has 5 heteroatoms. The van der Waals surface area contributed by atoms with E-state index in [0.29, 0.717) is 6.54 Å². The molecule has 94 valence electrons. The van der Waals surface area contributed by atoms with E-state index in [-0.39, 0.29) is 6.79 Å². The van der Waals surface area contributed by atoms with Crippen molar-refractivity contribution in [1.29, 1.82) is 0 Å². The smallest absolute Gasteiger partial charge is 0.231 e. The molecule has 0 aliphatic carbocycles. The maximum Gasteiger partial charge on any atom is 0.231 e. The third-order valence-corrected chi connectivity index (χ3v) is 3.09. The second-order valence-electron chi connectivity index (χ2n) is 4.26. The third kappa shape index (κ3) is 1.73. The average Bonchev–Trinajstić information content (AvgIpc) is 2.97. The van der Waals surface area contributed by atoms with E-state index in [9.17, 15) is 0 Å². The SMILES string of the molecule is Cn1cnc(-c2ccc3c(c2)OCO3)c1CCN. The zero-order valence-corrected chi connectivity index (χ0v) is 10.2. The van der Waals surface area contributed by atoms with Crippen LogP contribution in [0, 0.1) is 0 Å². The minimum atomic E-state index is 0.288. The van der Waals surface area contributed by atoms with Gasteiger partial charge in [-0.25, -0.2) is 4.98 Å². The van der Waals surface area contributed by atoms with E-state index >= 15 is 0 Å². The molecule has 0 saturated heterocycles. The van der Waals surface area contributed by atoms with E-state index in [2.05, 4.69) is 4.98 Å². The first-order valence-electron chi connectivity index (χ1n) is 5.90. The highest BCUT2D eigenvalue weighted by molar-refractivity contribution is 5.66. The molecule has 0 bridgehead atoms. The van der Waals surface area contributed by atoms with Crippen molar-refractivity contribution in [2.45, 2.75) is 6.42 Å². The molecule has 0 unspecified atom stereocenters. The molecule has 18 heavy (non-hydrogen) atoms. The molecule has 0 atom stereocenters. The molecule has 1 aromatic carbocycles. The summed E-state index contributed by atoms with van der Waals surface area (Å²) < 4.78 is 12.7. The predicted molar refractivity (Wildman–Crippen MR) is 67.5 cm³/mol. The van der Waals surface area contributed by atoms with Gasteiger partial charge in [0.25, 0.3) is 0 Å². The minimum Gasteiger partial charge on any atom is -0.454 e. The minimum absolute atomic E-state index is 0.288. The number of imidazole rings is 1. The molecule has 1 aliphatic rings. The average molecular weight is 245 g/mol. The van der Waals surface area contributed by atoms with Gasteiger partial charge in [-0.3, -0.25) is 0 Å². The maximum absolute atomic E-state index is 5.64. The molecule has 2 aromatic rings. The number of aryl methyl sites for hydroxylation is 1. The molecular formula is C13H15N3O2. The number of fused-ring (bicyclic) bond motifs is 1. The number of aromatic nitrogens is 2. The zero-order chi connectivity index (χ0) is 12.5. The molecular weight excluding hydrogens is 230 g/mol. The lowest BCUT2D eigenvalue weighted by Gasteiger charge is -2.05. The highest BCUT2D eigenvalue weighted by atomic mass is 16.7. The van der Waals surface area contributed by atoms with Crippen LogP contribution < -0.4 is 15.2 Å². The van der Waals surface area contributed by atoms with Crippen molar-refractivity contribution in [2.24, 2.45) is 12.8 Å². The van der Waals surface area contributed by atoms with E-state index < -0.39 is 0 Å². The summed E-state index contributed by atoms with van der Waals surface area (Å²) in [6.45, 7) is 0.897. The van der Waals surface area contributed by atoms with Crippen LogP contribution in [0.1, 0.15) is 5.69 Å². The highest BCUT2D eigenvalue weighted by Crippen LogP contribution is 2.36. The summed E-state index contributed by atoms with van der Waals surface area (Å²) in [5, 5.41) is 0. The van der Waals surface area contributed by atoms with E-state index in [0.717, 1.165) is 34.9 Å². The molecule has 0 amide bonds. The lowest BCUT2D eigenvalue weighted by Crippen LogP contribution is -2.07. The van der Waals surface area contributed by atoms with E-state index in [4.69, 9.17) is 15.2 Å². The van der Waals surface area contributed by atoms with Crippen molar-refractivity contribution in [3.63, 3.8) is 0 Å². The van der Waals surface area contributed by atoms with Crippen molar-refractivity contribution in [2.75, 3.05) is 13.3 Å². The Hall–Kier alpha value is -2.01. The number of ether oxygens (including phenoxy) is 2.